The summed E-state index contributed by atoms with van der Waals surface area (Å²) in [7, 11) is 0. The Balaban J connectivity index is 2.57. The molecule has 1 aromatic rings. The molecule has 0 saturated heterocycles. The Morgan fingerprint density at radius 1 is 1.22 bits per heavy atom. The van der Waals surface area contributed by atoms with Crippen LogP contribution in [0.5, 0.6) is 0 Å². The summed E-state index contributed by atoms with van der Waals surface area (Å²) in [4.78, 5) is 4.38. The summed E-state index contributed by atoms with van der Waals surface area (Å²) in [5.74, 6) is 1.57. The molecule has 2 heterocycles. The van der Waals surface area contributed by atoms with Crippen molar-refractivity contribution >= 4 is 0 Å². The lowest BCUT2D eigenvalue weighted by atomic mass is 9.81. The van der Waals surface area contributed by atoms with Crippen LogP contribution in [0.3, 0.4) is 0 Å². The van der Waals surface area contributed by atoms with E-state index < -0.39 is 0 Å². The van der Waals surface area contributed by atoms with E-state index in [0.717, 1.165) is 0 Å². The third-order valence-corrected chi connectivity index (χ3v) is 3.59. The Morgan fingerprint density at radius 2 is 2.00 bits per heavy atom. The van der Waals surface area contributed by atoms with Crippen molar-refractivity contribution < 1.29 is 4.74 Å². The average Bonchev–Trinajstić information content (AvgIpc) is 2.28. The van der Waals surface area contributed by atoms with Crippen molar-refractivity contribution in [1.82, 2.24) is 4.98 Å². The van der Waals surface area contributed by atoms with Crippen molar-refractivity contribution in [2.24, 2.45) is 5.92 Å². The standard InChI is InChI=1S/C16H23NO/c1-11(2)14-6-5-7-18-10-13-8-17-9-15(12(3)4)16(13)14/h5-6,8-9,11-12,14H,7,10H2,1-4H3/b6-5-. The predicted molar refractivity (Wildman–Crippen MR) is 74.7 cm³/mol. The second kappa shape index (κ2) is 5.66. The van der Waals surface area contributed by atoms with Gasteiger partial charge in [-0.15, -0.1) is 0 Å². The molecule has 2 rings (SSSR count). The molecule has 0 bridgehead atoms. The Hall–Kier alpha value is -1.15. The van der Waals surface area contributed by atoms with E-state index >= 15 is 0 Å². The van der Waals surface area contributed by atoms with Crippen LogP contribution in [0.2, 0.25) is 0 Å². The van der Waals surface area contributed by atoms with Gasteiger partial charge in [-0.1, -0.05) is 39.8 Å². The number of pyridine rings is 1. The lowest BCUT2D eigenvalue weighted by molar-refractivity contribution is 0.145. The maximum atomic E-state index is 5.64. The van der Waals surface area contributed by atoms with E-state index in [9.17, 15) is 0 Å². The first-order valence-corrected chi connectivity index (χ1v) is 6.82. The molecule has 0 aliphatic carbocycles. The summed E-state index contributed by atoms with van der Waals surface area (Å²) in [5, 5.41) is 0. The Morgan fingerprint density at radius 3 is 2.67 bits per heavy atom. The minimum Gasteiger partial charge on any atom is -0.373 e. The van der Waals surface area contributed by atoms with Gasteiger partial charge in [0.05, 0.1) is 13.2 Å². The summed E-state index contributed by atoms with van der Waals surface area (Å²) in [6.07, 6.45) is 8.44. The van der Waals surface area contributed by atoms with Crippen LogP contribution in [0.1, 0.15) is 56.2 Å². The van der Waals surface area contributed by atoms with E-state index in [1.807, 2.05) is 12.4 Å². The monoisotopic (exact) mass is 245 g/mol. The molecule has 0 radical (unpaired) electrons. The zero-order chi connectivity index (χ0) is 13.1. The molecule has 0 aromatic carbocycles. The van der Waals surface area contributed by atoms with Crippen LogP contribution in [0.4, 0.5) is 0 Å². The first-order chi connectivity index (χ1) is 8.61. The van der Waals surface area contributed by atoms with E-state index in [4.69, 9.17) is 4.74 Å². The van der Waals surface area contributed by atoms with Gasteiger partial charge < -0.3 is 4.74 Å². The van der Waals surface area contributed by atoms with E-state index in [0.29, 0.717) is 31.0 Å². The maximum absolute atomic E-state index is 5.64. The number of hydrogen-bond donors (Lipinski definition) is 0. The SMILES string of the molecule is CC(C)c1cncc2c1C(C(C)C)/C=C\COC2. The number of aromatic nitrogens is 1. The number of nitrogens with zero attached hydrogens (tertiary/aromatic N) is 1. The predicted octanol–water partition coefficient (Wildman–Crippen LogP) is 4.03. The van der Waals surface area contributed by atoms with Gasteiger partial charge in [-0.25, -0.2) is 0 Å². The average molecular weight is 245 g/mol. The molecule has 1 aliphatic heterocycles. The molecular formula is C16H23NO. The van der Waals surface area contributed by atoms with Gasteiger partial charge in [0.25, 0.3) is 0 Å². The fourth-order valence-corrected chi connectivity index (χ4v) is 2.60. The highest BCUT2D eigenvalue weighted by Crippen LogP contribution is 2.35. The third-order valence-electron chi connectivity index (χ3n) is 3.59. The summed E-state index contributed by atoms with van der Waals surface area (Å²) >= 11 is 0. The van der Waals surface area contributed by atoms with Crippen LogP contribution in [0.15, 0.2) is 24.5 Å². The van der Waals surface area contributed by atoms with Crippen LogP contribution in [-0.4, -0.2) is 11.6 Å². The van der Waals surface area contributed by atoms with Crippen LogP contribution >= 0.6 is 0 Å². The van der Waals surface area contributed by atoms with E-state index in [-0.39, 0.29) is 0 Å². The van der Waals surface area contributed by atoms with Crippen molar-refractivity contribution in [1.29, 1.82) is 0 Å². The van der Waals surface area contributed by atoms with Crippen LogP contribution in [0, 0.1) is 5.92 Å². The van der Waals surface area contributed by atoms with E-state index in [2.05, 4.69) is 44.8 Å². The molecule has 0 spiro atoms. The largest absolute Gasteiger partial charge is 0.373 e. The van der Waals surface area contributed by atoms with Crippen LogP contribution in [-0.2, 0) is 11.3 Å². The zero-order valence-corrected chi connectivity index (χ0v) is 11.8. The molecule has 1 unspecified atom stereocenters. The van der Waals surface area contributed by atoms with Crippen molar-refractivity contribution in [3.8, 4) is 0 Å². The summed E-state index contributed by atoms with van der Waals surface area (Å²) < 4.78 is 5.64. The molecule has 0 saturated carbocycles. The van der Waals surface area contributed by atoms with Crippen LogP contribution < -0.4 is 0 Å². The van der Waals surface area contributed by atoms with E-state index in [1.54, 1.807) is 0 Å². The molecule has 0 amide bonds. The minimum atomic E-state index is 0.476. The summed E-state index contributed by atoms with van der Waals surface area (Å²) in [6.45, 7) is 10.4. The van der Waals surface area contributed by atoms with Crippen molar-refractivity contribution in [2.75, 3.05) is 6.61 Å². The maximum Gasteiger partial charge on any atom is 0.0739 e. The lowest BCUT2D eigenvalue weighted by Crippen LogP contribution is -2.14. The van der Waals surface area contributed by atoms with Crippen molar-refractivity contribution in [3.63, 3.8) is 0 Å². The van der Waals surface area contributed by atoms with Gasteiger partial charge >= 0.3 is 0 Å². The van der Waals surface area contributed by atoms with Gasteiger partial charge in [0.15, 0.2) is 0 Å². The quantitative estimate of drug-likeness (QED) is 0.734. The second-order valence-corrected chi connectivity index (χ2v) is 5.67. The smallest absolute Gasteiger partial charge is 0.0739 e. The first kappa shape index (κ1) is 13.3. The molecule has 98 valence electrons. The van der Waals surface area contributed by atoms with Gasteiger partial charge in [-0.2, -0.15) is 0 Å². The first-order valence-electron chi connectivity index (χ1n) is 6.82. The molecule has 18 heavy (non-hydrogen) atoms. The molecular weight excluding hydrogens is 222 g/mol. The van der Waals surface area contributed by atoms with Crippen LogP contribution in [0.25, 0.3) is 0 Å². The van der Waals surface area contributed by atoms with Gasteiger partial charge in [0, 0.05) is 23.9 Å². The topological polar surface area (TPSA) is 22.1 Å². The molecule has 0 fully saturated rings. The second-order valence-electron chi connectivity index (χ2n) is 5.67. The van der Waals surface area contributed by atoms with Gasteiger partial charge in [-0.05, 0) is 23.0 Å². The lowest BCUT2D eigenvalue weighted by Gasteiger charge is -2.26. The summed E-state index contributed by atoms with van der Waals surface area (Å²) in [5.41, 5.74) is 4.05. The van der Waals surface area contributed by atoms with Gasteiger partial charge in [-0.3, -0.25) is 4.98 Å². The number of ether oxygens (including phenoxy) is 1. The normalized spacial score (nSPS) is 21.6. The molecule has 1 aliphatic rings. The fourth-order valence-electron chi connectivity index (χ4n) is 2.60. The minimum absolute atomic E-state index is 0.476. The summed E-state index contributed by atoms with van der Waals surface area (Å²) in [6, 6.07) is 0. The molecule has 2 nitrogen and oxygen atoms in total. The Labute approximate surface area is 110 Å². The number of rotatable bonds is 2. The highest BCUT2D eigenvalue weighted by molar-refractivity contribution is 5.40. The Bertz CT molecular complexity index is 435. The number of hydrogen-bond acceptors (Lipinski definition) is 2. The highest BCUT2D eigenvalue weighted by Gasteiger charge is 2.22. The fraction of sp³-hybridized carbons (Fsp3) is 0.562. The Kier molecular flexibility index (Phi) is 4.18. The highest BCUT2D eigenvalue weighted by atomic mass is 16.5. The number of fused-ring (bicyclic) bond motifs is 1. The van der Waals surface area contributed by atoms with Crippen molar-refractivity contribution in [3.05, 3.63) is 41.2 Å². The molecule has 2 heteroatoms. The van der Waals surface area contributed by atoms with E-state index in [1.165, 1.54) is 16.7 Å². The molecule has 1 atom stereocenters. The molecule has 1 aromatic heterocycles. The van der Waals surface area contributed by atoms with Gasteiger partial charge in [0.1, 0.15) is 0 Å². The number of allylic oxidation sites excluding steroid dienone is 1. The van der Waals surface area contributed by atoms with Crippen molar-refractivity contribution in [2.45, 2.75) is 46.1 Å². The zero-order valence-electron chi connectivity index (χ0n) is 11.8. The molecule has 0 N–H and O–H groups in total. The third kappa shape index (κ3) is 2.64. The van der Waals surface area contributed by atoms with Gasteiger partial charge in [0.2, 0.25) is 0 Å².